The van der Waals surface area contributed by atoms with E-state index in [4.69, 9.17) is 21.1 Å². The van der Waals surface area contributed by atoms with Gasteiger partial charge < -0.3 is 25.0 Å². The van der Waals surface area contributed by atoms with E-state index in [-0.39, 0.29) is 5.91 Å². The number of para-hydroxylation sites is 1. The van der Waals surface area contributed by atoms with E-state index in [0.29, 0.717) is 69.8 Å². The van der Waals surface area contributed by atoms with E-state index in [2.05, 4.69) is 26.7 Å². The summed E-state index contributed by atoms with van der Waals surface area (Å²) in [5, 5.41) is 18.0. The molecule has 0 aliphatic carbocycles. The number of likely N-dealkylation sites (N-methyl/N-ethyl adjacent to an activating group) is 1. The van der Waals surface area contributed by atoms with Crippen molar-refractivity contribution >= 4 is 67.0 Å². The molecule has 2 aromatic heterocycles. The van der Waals surface area contributed by atoms with Gasteiger partial charge in [-0.05, 0) is 57.4 Å². The second kappa shape index (κ2) is 13.5. The number of nitrogens with zero attached hydrogens (tertiary/aromatic N) is 4. The van der Waals surface area contributed by atoms with Crippen LogP contribution in [0.2, 0.25) is 5.02 Å². The van der Waals surface area contributed by atoms with Crippen molar-refractivity contribution in [2.75, 3.05) is 37.9 Å². The van der Waals surface area contributed by atoms with E-state index in [9.17, 15) is 10.1 Å². The molecular formula is C32H29ClN6O3S. The molecule has 2 heterocycles. The second-order valence-electron chi connectivity index (χ2n) is 9.75. The molecule has 218 valence electrons. The fraction of sp³-hybridized carbons (Fsp3) is 0.188. The van der Waals surface area contributed by atoms with Gasteiger partial charge in [-0.25, -0.2) is 4.98 Å². The number of nitrogens with one attached hydrogen (secondary N) is 2. The topological polar surface area (TPSA) is 112 Å². The molecule has 1 amide bonds. The molecule has 0 spiro atoms. The van der Waals surface area contributed by atoms with Crippen LogP contribution < -0.4 is 20.1 Å². The number of fused-ring (bicyclic) bond motifs is 2. The van der Waals surface area contributed by atoms with E-state index in [1.54, 1.807) is 41.7 Å². The molecule has 0 aliphatic heterocycles. The number of hydrogen-bond donors (Lipinski definition) is 2. The number of carbonyl (C=O) groups excluding carboxylic acids is 1. The summed E-state index contributed by atoms with van der Waals surface area (Å²) in [7, 11) is 3.84. The molecule has 3 aromatic carbocycles. The van der Waals surface area contributed by atoms with Crippen LogP contribution in [0.25, 0.3) is 21.1 Å². The molecule has 43 heavy (non-hydrogen) atoms. The van der Waals surface area contributed by atoms with Crippen molar-refractivity contribution < 1.29 is 14.3 Å². The van der Waals surface area contributed by atoms with Gasteiger partial charge in [-0.1, -0.05) is 29.8 Å². The highest BCUT2D eigenvalue weighted by atomic mass is 35.5. The van der Waals surface area contributed by atoms with Crippen LogP contribution >= 0.6 is 22.9 Å². The van der Waals surface area contributed by atoms with Crippen molar-refractivity contribution in [2.45, 2.75) is 13.5 Å². The maximum Gasteiger partial charge on any atom is 0.248 e. The molecule has 5 rings (SSSR count). The number of nitriles is 1. The van der Waals surface area contributed by atoms with Crippen molar-refractivity contribution in [1.29, 1.82) is 5.26 Å². The van der Waals surface area contributed by atoms with Gasteiger partial charge in [-0.2, -0.15) is 5.26 Å². The first-order valence-corrected chi connectivity index (χ1v) is 14.7. The Morgan fingerprint density at radius 1 is 1.12 bits per heavy atom. The monoisotopic (exact) mass is 612 g/mol. The Morgan fingerprint density at radius 2 is 1.95 bits per heavy atom. The van der Waals surface area contributed by atoms with Crippen LogP contribution in [0.4, 0.5) is 17.1 Å². The molecular weight excluding hydrogens is 584 g/mol. The highest BCUT2D eigenvalue weighted by Gasteiger charge is 2.16. The third kappa shape index (κ3) is 7.21. The van der Waals surface area contributed by atoms with E-state index < -0.39 is 0 Å². The van der Waals surface area contributed by atoms with Gasteiger partial charge >= 0.3 is 0 Å². The maximum atomic E-state index is 12.7. The number of halogens is 1. The first-order chi connectivity index (χ1) is 20.8. The molecule has 11 heteroatoms. The Hall–Kier alpha value is -4.69. The van der Waals surface area contributed by atoms with Crippen LogP contribution in [0.15, 0.2) is 72.9 Å². The van der Waals surface area contributed by atoms with Gasteiger partial charge in [-0.3, -0.25) is 9.78 Å². The Bertz CT molecular complexity index is 1830. The minimum atomic E-state index is -0.297. The summed E-state index contributed by atoms with van der Waals surface area (Å²) >= 11 is 8.18. The summed E-state index contributed by atoms with van der Waals surface area (Å²) in [5.74, 6) is 0.694. The predicted octanol–water partition coefficient (Wildman–Crippen LogP) is 7.15. The molecule has 0 unspecified atom stereocenters. The van der Waals surface area contributed by atoms with E-state index in [0.717, 1.165) is 15.2 Å². The average Bonchev–Trinajstić information content (AvgIpc) is 3.40. The second-order valence-corrected chi connectivity index (χ2v) is 11.3. The lowest BCUT2D eigenvalue weighted by atomic mass is 10.1. The molecule has 0 radical (unpaired) electrons. The summed E-state index contributed by atoms with van der Waals surface area (Å²) in [5.41, 5.74) is 3.48. The number of rotatable bonds is 11. The third-order valence-electron chi connectivity index (χ3n) is 6.28. The number of pyridine rings is 1. The number of benzene rings is 3. The fourth-order valence-electron chi connectivity index (χ4n) is 4.32. The predicted molar refractivity (Wildman–Crippen MR) is 173 cm³/mol. The number of carbonyl (C=O) groups is 1. The maximum absolute atomic E-state index is 12.7. The molecule has 9 nitrogen and oxygen atoms in total. The fourth-order valence-corrected chi connectivity index (χ4v) is 5.43. The minimum absolute atomic E-state index is 0.292. The van der Waals surface area contributed by atoms with Crippen LogP contribution in [-0.4, -0.2) is 48.0 Å². The number of anilines is 3. The number of ether oxygens (including phenoxy) is 2. The van der Waals surface area contributed by atoms with Crippen LogP contribution in [0.3, 0.4) is 0 Å². The van der Waals surface area contributed by atoms with Gasteiger partial charge in [0.1, 0.15) is 29.2 Å². The molecule has 0 atom stereocenters. The van der Waals surface area contributed by atoms with E-state index in [1.807, 2.05) is 56.3 Å². The quantitative estimate of drug-likeness (QED) is 0.151. The Balaban J connectivity index is 1.41. The molecule has 0 saturated heterocycles. The molecule has 0 fully saturated rings. The highest BCUT2D eigenvalue weighted by Crippen LogP contribution is 2.37. The van der Waals surface area contributed by atoms with Gasteiger partial charge in [-0.15, -0.1) is 11.3 Å². The van der Waals surface area contributed by atoms with Crippen LogP contribution in [-0.2, 0) is 11.4 Å². The SMILES string of the molecule is CCOc1cc2ncc(C#N)c(Nc3ccc(OCc4nc5ccccc5s4)c(Cl)c3)c2cc1NC(=O)/C=C/CN(C)C. The van der Waals surface area contributed by atoms with Crippen molar-refractivity contribution in [3.63, 3.8) is 0 Å². The summed E-state index contributed by atoms with van der Waals surface area (Å²) in [4.78, 5) is 23.7. The van der Waals surface area contributed by atoms with Gasteiger partial charge in [0.05, 0.1) is 44.3 Å². The number of aromatic nitrogens is 2. The highest BCUT2D eigenvalue weighted by molar-refractivity contribution is 7.18. The lowest BCUT2D eigenvalue weighted by Gasteiger charge is -2.16. The van der Waals surface area contributed by atoms with Gasteiger partial charge in [0.25, 0.3) is 0 Å². The zero-order valence-electron chi connectivity index (χ0n) is 23.8. The van der Waals surface area contributed by atoms with Crippen LogP contribution in [0.1, 0.15) is 17.5 Å². The Labute approximate surface area is 258 Å². The lowest BCUT2D eigenvalue weighted by Crippen LogP contribution is -2.13. The molecule has 5 aromatic rings. The van der Waals surface area contributed by atoms with Crippen molar-refractivity contribution in [1.82, 2.24) is 14.9 Å². The summed E-state index contributed by atoms with van der Waals surface area (Å²) in [6.07, 6.45) is 4.75. The van der Waals surface area contributed by atoms with Crippen molar-refractivity contribution in [3.8, 4) is 17.6 Å². The van der Waals surface area contributed by atoms with Gasteiger partial charge in [0.2, 0.25) is 5.91 Å². The van der Waals surface area contributed by atoms with E-state index in [1.165, 1.54) is 12.3 Å². The molecule has 0 saturated carbocycles. The Morgan fingerprint density at radius 3 is 2.70 bits per heavy atom. The zero-order valence-corrected chi connectivity index (χ0v) is 25.4. The molecule has 0 bridgehead atoms. The summed E-state index contributed by atoms with van der Waals surface area (Å²) in [6.45, 7) is 3.18. The number of thiazole rings is 1. The summed E-state index contributed by atoms with van der Waals surface area (Å²) < 4.78 is 12.9. The van der Waals surface area contributed by atoms with Crippen molar-refractivity contribution in [2.24, 2.45) is 0 Å². The first kappa shape index (κ1) is 29.8. The summed E-state index contributed by atoms with van der Waals surface area (Å²) in [6, 6.07) is 19.0. The van der Waals surface area contributed by atoms with Crippen LogP contribution in [0, 0.1) is 11.3 Å². The number of amides is 1. The van der Waals surface area contributed by atoms with Crippen molar-refractivity contribution in [3.05, 3.63) is 88.5 Å². The van der Waals surface area contributed by atoms with Gasteiger partial charge in [0, 0.05) is 36.0 Å². The lowest BCUT2D eigenvalue weighted by molar-refractivity contribution is -0.111. The third-order valence-corrected chi connectivity index (χ3v) is 7.58. The largest absolute Gasteiger partial charge is 0.492 e. The van der Waals surface area contributed by atoms with E-state index >= 15 is 0 Å². The Kier molecular flexibility index (Phi) is 9.37. The molecule has 0 aliphatic rings. The molecule has 2 N–H and O–H groups in total. The minimum Gasteiger partial charge on any atom is -0.492 e. The van der Waals surface area contributed by atoms with Crippen LogP contribution in [0.5, 0.6) is 11.5 Å². The first-order valence-electron chi connectivity index (χ1n) is 13.5. The smallest absolute Gasteiger partial charge is 0.248 e. The average molecular weight is 613 g/mol. The van der Waals surface area contributed by atoms with Gasteiger partial charge in [0.15, 0.2) is 0 Å². The standard InChI is InChI=1S/C32H29ClN6O3S/c1-4-41-28-16-25-22(15-26(28)37-30(40)10-7-13-39(2)3)32(20(17-34)18-35-25)36-21-11-12-27(23(33)14-21)42-19-31-38-24-8-5-6-9-29(24)43-31/h5-12,14-16,18H,4,13,19H2,1-3H3,(H,35,36)(H,37,40)/b10-7+. The normalized spacial score (nSPS) is 11.3. The zero-order chi connectivity index (χ0) is 30.3. The number of hydrogen-bond acceptors (Lipinski definition) is 9.